The lowest BCUT2D eigenvalue weighted by molar-refractivity contribution is -0.116. The van der Waals surface area contributed by atoms with E-state index in [4.69, 9.17) is 9.52 Å². The van der Waals surface area contributed by atoms with Gasteiger partial charge in [0, 0.05) is 0 Å². The molecule has 3 heterocycles. The normalized spacial score (nSPS) is 14.5. The Morgan fingerprint density at radius 3 is 3.05 bits per heavy atom. The zero-order valence-corrected chi connectivity index (χ0v) is 11.3. The minimum absolute atomic E-state index is 0.0383. The summed E-state index contributed by atoms with van der Waals surface area (Å²) in [5.41, 5.74) is 0.667. The Morgan fingerprint density at radius 2 is 2.37 bits per heavy atom. The second-order valence-electron chi connectivity index (χ2n) is 3.94. The van der Waals surface area contributed by atoms with Crippen molar-refractivity contribution in [2.24, 2.45) is 0 Å². The number of hydrogen-bond donors (Lipinski definition) is 1. The smallest absolute Gasteiger partial charge is 0.345 e. The number of amides is 1. The Bertz CT molecular complexity index is 632. The monoisotopic (exact) mass is 295 g/mol. The molecule has 1 N–H and O–H groups in total. The molecule has 0 bridgehead atoms. The summed E-state index contributed by atoms with van der Waals surface area (Å²) >= 11 is 2.59. The summed E-state index contributed by atoms with van der Waals surface area (Å²) in [6, 6.07) is 5.10. The van der Waals surface area contributed by atoms with Gasteiger partial charge in [0.15, 0.2) is 0 Å². The molecule has 2 aromatic rings. The summed E-state index contributed by atoms with van der Waals surface area (Å²) < 4.78 is 6.10. The molecule has 0 aromatic carbocycles. The van der Waals surface area contributed by atoms with E-state index < -0.39 is 5.97 Å². The number of carbonyl (C=O) groups excluding carboxylic acids is 1. The predicted octanol–water partition coefficient (Wildman–Crippen LogP) is 2.68. The third-order valence-corrected chi connectivity index (χ3v) is 5.08. The number of nitrogens with zero attached hydrogens (tertiary/aromatic N) is 1. The number of aromatic carboxylic acids is 1. The lowest BCUT2D eigenvalue weighted by atomic mass is 10.3. The van der Waals surface area contributed by atoms with E-state index in [9.17, 15) is 9.59 Å². The maximum atomic E-state index is 12.0. The molecule has 1 aliphatic heterocycles. The number of carbonyl (C=O) groups is 2. The number of thiophene rings is 1. The van der Waals surface area contributed by atoms with Gasteiger partial charge >= 0.3 is 5.97 Å². The minimum atomic E-state index is -0.967. The molecule has 0 atom stereocenters. The summed E-state index contributed by atoms with van der Waals surface area (Å²) in [5, 5.41) is 9.02. The van der Waals surface area contributed by atoms with Crippen molar-refractivity contribution < 1.29 is 19.1 Å². The van der Waals surface area contributed by atoms with Crippen LogP contribution in [0.1, 0.15) is 15.4 Å². The Labute approximate surface area is 116 Å². The SMILES string of the molecule is O=C(O)c1cc2c(s1)SCC(=O)N2Cc1ccco1. The van der Waals surface area contributed by atoms with Crippen LogP contribution < -0.4 is 4.90 Å². The van der Waals surface area contributed by atoms with Crippen LogP contribution in [0.25, 0.3) is 0 Å². The van der Waals surface area contributed by atoms with E-state index in [0.29, 0.717) is 23.7 Å². The zero-order valence-electron chi connectivity index (χ0n) is 9.66. The standard InChI is InChI=1S/C12H9NO4S2/c14-10-6-18-12-8(4-9(19-12)11(15)16)13(10)5-7-2-1-3-17-7/h1-4H,5-6H2,(H,15,16). The topological polar surface area (TPSA) is 70.8 Å². The fourth-order valence-electron chi connectivity index (χ4n) is 1.83. The quantitative estimate of drug-likeness (QED) is 0.942. The molecule has 0 saturated carbocycles. The number of hydrogen-bond acceptors (Lipinski definition) is 5. The predicted molar refractivity (Wildman–Crippen MR) is 71.9 cm³/mol. The third-order valence-electron chi connectivity index (χ3n) is 2.70. The van der Waals surface area contributed by atoms with E-state index in [1.165, 1.54) is 23.1 Å². The first-order chi connectivity index (χ1) is 9.15. The lowest BCUT2D eigenvalue weighted by Gasteiger charge is -2.25. The number of furan rings is 1. The van der Waals surface area contributed by atoms with Crippen LogP contribution in [0, 0.1) is 0 Å². The first-order valence-electron chi connectivity index (χ1n) is 5.48. The second kappa shape index (κ2) is 4.75. The van der Waals surface area contributed by atoms with Crippen LogP contribution in [0.5, 0.6) is 0 Å². The van der Waals surface area contributed by atoms with Crippen molar-refractivity contribution in [1.29, 1.82) is 0 Å². The second-order valence-corrected chi connectivity index (χ2v) is 6.23. The Morgan fingerprint density at radius 1 is 1.53 bits per heavy atom. The molecule has 0 spiro atoms. The van der Waals surface area contributed by atoms with Gasteiger partial charge in [-0.15, -0.1) is 23.1 Å². The number of carboxylic acid groups (broad SMARTS) is 1. The maximum absolute atomic E-state index is 12.0. The van der Waals surface area contributed by atoms with Crippen molar-refractivity contribution in [3.8, 4) is 0 Å². The van der Waals surface area contributed by atoms with E-state index in [2.05, 4.69) is 0 Å². The van der Waals surface area contributed by atoms with Gasteiger partial charge in [0.2, 0.25) is 5.91 Å². The van der Waals surface area contributed by atoms with Gasteiger partial charge in [-0.2, -0.15) is 0 Å². The van der Waals surface area contributed by atoms with Gasteiger partial charge in [-0.05, 0) is 18.2 Å². The number of anilines is 1. The Hall–Kier alpha value is -1.73. The molecule has 1 aliphatic rings. The molecular formula is C12H9NO4S2. The van der Waals surface area contributed by atoms with Gasteiger partial charge in [-0.3, -0.25) is 4.79 Å². The molecule has 0 saturated heterocycles. The molecule has 5 nitrogen and oxygen atoms in total. The van der Waals surface area contributed by atoms with Crippen LogP contribution in [0.3, 0.4) is 0 Å². The molecular weight excluding hydrogens is 286 g/mol. The van der Waals surface area contributed by atoms with Crippen LogP contribution in [0.4, 0.5) is 5.69 Å². The number of thioether (sulfide) groups is 1. The van der Waals surface area contributed by atoms with Crippen LogP contribution in [0.15, 0.2) is 33.1 Å². The highest BCUT2D eigenvalue weighted by Gasteiger charge is 2.29. The van der Waals surface area contributed by atoms with Crippen LogP contribution in [0.2, 0.25) is 0 Å². The Kier molecular flexibility index (Phi) is 3.08. The van der Waals surface area contributed by atoms with E-state index in [1.807, 2.05) is 0 Å². The molecule has 7 heteroatoms. The van der Waals surface area contributed by atoms with Crippen molar-refractivity contribution in [1.82, 2.24) is 0 Å². The fraction of sp³-hybridized carbons (Fsp3) is 0.167. The van der Waals surface area contributed by atoms with E-state index in [0.717, 1.165) is 4.21 Å². The van der Waals surface area contributed by atoms with Gasteiger partial charge in [0.25, 0.3) is 0 Å². The van der Waals surface area contributed by atoms with Crippen molar-refractivity contribution in [3.63, 3.8) is 0 Å². The van der Waals surface area contributed by atoms with E-state index in [1.54, 1.807) is 29.4 Å². The molecule has 2 aromatic heterocycles. The summed E-state index contributed by atoms with van der Waals surface area (Å²) in [6.45, 7) is 0.329. The van der Waals surface area contributed by atoms with Gasteiger partial charge < -0.3 is 14.4 Å². The van der Waals surface area contributed by atoms with Gasteiger partial charge in [0.1, 0.15) is 10.6 Å². The third kappa shape index (κ3) is 2.26. The lowest BCUT2D eigenvalue weighted by Crippen LogP contribution is -2.33. The Balaban J connectivity index is 1.96. The molecule has 0 aliphatic carbocycles. The number of fused-ring (bicyclic) bond motifs is 1. The molecule has 1 amide bonds. The van der Waals surface area contributed by atoms with Crippen molar-refractivity contribution in [3.05, 3.63) is 35.1 Å². The van der Waals surface area contributed by atoms with E-state index in [-0.39, 0.29) is 10.8 Å². The maximum Gasteiger partial charge on any atom is 0.345 e. The molecule has 19 heavy (non-hydrogen) atoms. The van der Waals surface area contributed by atoms with E-state index >= 15 is 0 Å². The summed E-state index contributed by atoms with van der Waals surface area (Å²) in [7, 11) is 0. The summed E-state index contributed by atoms with van der Waals surface area (Å²) in [5.74, 6) is -0.00360. The first kappa shape index (κ1) is 12.3. The highest BCUT2D eigenvalue weighted by Crippen LogP contribution is 2.42. The molecule has 3 rings (SSSR count). The summed E-state index contributed by atoms with van der Waals surface area (Å²) in [4.78, 5) is 24.8. The minimum Gasteiger partial charge on any atom is -0.477 e. The average Bonchev–Trinajstić information content (AvgIpc) is 3.01. The van der Waals surface area contributed by atoms with Gasteiger partial charge in [-0.25, -0.2) is 4.79 Å². The zero-order chi connectivity index (χ0) is 13.4. The van der Waals surface area contributed by atoms with Crippen molar-refractivity contribution in [2.75, 3.05) is 10.7 Å². The molecule has 0 radical (unpaired) electrons. The fourth-order valence-corrected chi connectivity index (χ4v) is 3.97. The number of carboxylic acids is 1. The van der Waals surface area contributed by atoms with Crippen LogP contribution in [-0.4, -0.2) is 22.7 Å². The largest absolute Gasteiger partial charge is 0.477 e. The molecule has 98 valence electrons. The van der Waals surface area contributed by atoms with Crippen LogP contribution in [-0.2, 0) is 11.3 Å². The molecule has 0 fully saturated rings. The average molecular weight is 295 g/mol. The summed E-state index contributed by atoms with van der Waals surface area (Å²) in [6.07, 6.45) is 1.55. The first-order valence-corrected chi connectivity index (χ1v) is 7.28. The van der Waals surface area contributed by atoms with Crippen molar-refractivity contribution >= 4 is 40.7 Å². The molecule has 0 unspecified atom stereocenters. The van der Waals surface area contributed by atoms with Gasteiger partial charge in [-0.1, -0.05) is 0 Å². The highest BCUT2D eigenvalue weighted by atomic mass is 32.2. The highest BCUT2D eigenvalue weighted by molar-refractivity contribution is 8.02. The van der Waals surface area contributed by atoms with Crippen LogP contribution >= 0.6 is 23.1 Å². The van der Waals surface area contributed by atoms with Crippen molar-refractivity contribution in [2.45, 2.75) is 10.8 Å². The number of rotatable bonds is 3. The van der Waals surface area contributed by atoms with Gasteiger partial charge in [0.05, 0.1) is 28.5 Å².